The van der Waals surface area contributed by atoms with E-state index < -0.39 is 0 Å². The lowest BCUT2D eigenvalue weighted by molar-refractivity contribution is -0.116. The van der Waals surface area contributed by atoms with E-state index in [4.69, 9.17) is 11.6 Å². The van der Waals surface area contributed by atoms with Gasteiger partial charge in [0.1, 0.15) is 6.04 Å². The van der Waals surface area contributed by atoms with Gasteiger partial charge in [0.25, 0.3) is 0 Å². The zero-order valence-corrected chi connectivity index (χ0v) is 13.5. The molecule has 0 aliphatic heterocycles. The molecule has 0 aliphatic rings. The van der Waals surface area contributed by atoms with Crippen LogP contribution in [-0.2, 0) is 4.79 Å². The van der Waals surface area contributed by atoms with Gasteiger partial charge in [0.2, 0.25) is 5.91 Å². The molecule has 0 saturated heterocycles. The zero-order chi connectivity index (χ0) is 16.2. The fourth-order valence-corrected chi connectivity index (χ4v) is 2.56. The smallest absolute Gasteiger partial charge is 0.246 e. The van der Waals surface area contributed by atoms with E-state index in [0.717, 1.165) is 22.1 Å². The molecule has 0 saturated carbocycles. The summed E-state index contributed by atoms with van der Waals surface area (Å²) in [7, 11) is 0. The van der Waals surface area contributed by atoms with Gasteiger partial charge in [-0.15, -0.1) is 0 Å². The topological polar surface area (TPSA) is 41.1 Å². The molecule has 3 aromatic rings. The van der Waals surface area contributed by atoms with Gasteiger partial charge in [-0.25, -0.2) is 0 Å². The quantitative estimate of drug-likeness (QED) is 0.714. The number of carbonyl (C=O) groups excluding carboxylic acids is 1. The molecule has 0 unspecified atom stereocenters. The third-order valence-electron chi connectivity index (χ3n) is 3.67. The van der Waals surface area contributed by atoms with Gasteiger partial charge in [-0.2, -0.15) is 0 Å². The fraction of sp³-hybridized carbons (Fsp3) is 0.105. The first kappa shape index (κ1) is 15.4. The first-order valence-electron chi connectivity index (χ1n) is 7.44. The molecule has 2 N–H and O–H groups in total. The SMILES string of the molecule is C[C@H](Nc1cccc2ccccc12)C(=O)Nc1ccc(Cl)cc1. The van der Waals surface area contributed by atoms with Gasteiger partial charge in [-0.1, -0.05) is 48.0 Å². The number of anilines is 2. The second-order valence-electron chi connectivity index (χ2n) is 5.39. The lowest BCUT2D eigenvalue weighted by Gasteiger charge is -2.17. The highest BCUT2D eigenvalue weighted by Gasteiger charge is 2.13. The summed E-state index contributed by atoms with van der Waals surface area (Å²) in [4.78, 5) is 12.3. The Morgan fingerprint density at radius 3 is 2.43 bits per heavy atom. The van der Waals surface area contributed by atoms with Crippen LogP contribution in [0.1, 0.15) is 6.92 Å². The van der Waals surface area contributed by atoms with Gasteiger partial charge in [-0.3, -0.25) is 4.79 Å². The molecule has 3 aromatic carbocycles. The predicted molar refractivity (Wildman–Crippen MR) is 97.1 cm³/mol. The van der Waals surface area contributed by atoms with Crippen LogP contribution in [0.15, 0.2) is 66.7 Å². The van der Waals surface area contributed by atoms with Crippen molar-refractivity contribution in [1.29, 1.82) is 0 Å². The maximum Gasteiger partial charge on any atom is 0.246 e. The minimum atomic E-state index is -0.364. The number of fused-ring (bicyclic) bond motifs is 1. The molecule has 0 spiro atoms. The molecule has 4 heteroatoms. The van der Waals surface area contributed by atoms with E-state index in [-0.39, 0.29) is 11.9 Å². The Hall–Kier alpha value is -2.52. The van der Waals surface area contributed by atoms with Gasteiger partial charge in [-0.05, 0) is 42.6 Å². The first-order valence-corrected chi connectivity index (χ1v) is 7.82. The number of nitrogens with one attached hydrogen (secondary N) is 2. The van der Waals surface area contributed by atoms with Crippen LogP contribution in [0.5, 0.6) is 0 Å². The molecule has 3 rings (SSSR count). The highest BCUT2D eigenvalue weighted by molar-refractivity contribution is 6.30. The summed E-state index contributed by atoms with van der Waals surface area (Å²) in [5.41, 5.74) is 1.67. The molecule has 23 heavy (non-hydrogen) atoms. The van der Waals surface area contributed by atoms with Crippen LogP contribution in [-0.4, -0.2) is 11.9 Å². The van der Waals surface area contributed by atoms with Crippen LogP contribution in [0.2, 0.25) is 5.02 Å². The minimum Gasteiger partial charge on any atom is -0.373 e. The summed E-state index contributed by atoms with van der Waals surface area (Å²) < 4.78 is 0. The molecule has 1 atom stereocenters. The van der Waals surface area contributed by atoms with Crippen LogP contribution in [0, 0.1) is 0 Å². The lowest BCUT2D eigenvalue weighted by Crippen LogP contribution is -2.31. The largest absolute Gasteiger partial charge is 0.373 e. The Morgan fingerprint density at radius 2 is 1.65 bits per heavy atom. The number of carbonyl (C=O) groups is 1. The average Bonchev–Trinajstić information content (AvgIpc) is 2.57. The van der Waals surface area contributed by atoms with Crippen LogP contribution < -0.4 is 10.6 Å². The molecular formula is C19H17ClN2O. The van der Waals surface area contributed by atoms with Crippen LogP contribution in [0.3, 0.4) is 0 Å². The van der Waals surface area contributed by atoms with E-state index in [1.807, 2.05) is 37.3 Å². The minimum absolute atomic E-state index is 0.0970. The molecule has 0 bridgehead atoms. The molecular weight excluding hydrogens is 308 g/mol. The molecule has 0 heterocycles. The van der Waals surface area contributed by atoms with E-state index in [0.29, 0.717) is 5.02 Å². The van der Waals surface area contributed by atoms with Crippen molar-refractivity contribution in [2.24, 2.45) is 0 Å². The van der Waals surface area contributed by atoms with E-state index >= 15 is 0 Å². The molecule has 1 amide bonds. The Labute approximate surface area is 140 Å². The number of rotatable bonds is 4. The number of halogens is 1. The summed E-state index contributed by atoms with van der Waals surface area (Å²) >= 11 is 5.85. The van der Waals surface area contributed by atoms with Crippen molar-refractivity contribution in [2.75, 3.05) is 10.6 Å². The number of hydrogen-bond acceptors (Lipinski definition) is 2. The number of amides is 1. The number of benzene rings is 3. The second-order valence-corrected chi connectivity index (χ2v) is 5.83. The maximum absolute atomic E-state index is 12.3. The Balaban J connectivity index is 1.73. The molecule has 0 aromatic heterocycles. The second kappa shape index (κ2) is 6.71. The highest BCUT2D eigenvalue weighted by Crippen LogP contribution is 2.23. The van der Waals surface area contributed by atoms with Crippen molar-refractivity contribution in [2.45, 2.75) is 13.0 Å². The summed E-state index contributed by atoms with van der Waals surface area (Å²) in [5, 5.41) is 9.04. The standard InChI is InChI=1S/C19H17ClN2O/c1-13(19(23)22-16-11-9-15(20)10-12-16)21-18-8-4-6-14-5-2-3-7-17(14)18/h2-13,21H,1H3,(H,22,23)/t13-/m0/s1. The van der Waals surface area contributed by atoms with E-state index in [1.165, 1.54) is 0 Å². The van der Waals surface area contributed by atoms with Crippen LogP contribution in [0.25, 0.3) is 10.8 Å². The Bertz CT molecular complexity index is 825. The molecule has 0 aliphatic carbocycles. The van der Waals surface area contributed by atoms with Crippen LogP contribution >= 0.6 is 11.6 Å². The van der Waals surface area contributed by atoms with Gasteiger partial charge < -0.3 is 10.6 Å². The van der Waals surface area contributed by atoms with Crippen molar-refractivity contribution < 1.29 is 4.79 Å². The third-order valence-corrected chi connectivity index (χ3v) is 3.92. The fourth-order valence-electron chi connectivity index (χ4n) is 2.43. The Kier molecular flexibility index (Phi) is 4.49. The maximum atomic E-state index is 12.3. The lowest BCUT2D eigenvalue weighted by atomic mass is 10.1. The van der Waals surface area contributed by atoms with E-state index in [2.05, 4.69) is 22.8 Å². The summed E-state index contributed by atoms with van der Waals surface area (Å²) in [6.07, 6.45) is 0. The predicted octanol–water partition coefficient (Wildman–Crippen LogP) is 4.93. The summed E-state index contributed by atoms with van der Waals surface area (Å²) in [6.45, 7) is 1.84. The van der Waals surface area contributed by atoms with Crippen molar-refractivity contribution in [3.05, 3.63) is 71.8 Å². The van der Waals surface area contributed by atoms with E-state index in [1.54, 1.807) is 24.3 Å². The van der Waals surface area contributed by atoms with Crippen molar-refractivity contribution in [1.82, 2.24) is 0 Å². The third kappa shape index (κ3) is 3.63. The van der Waals surface area contributed by atoms with Crippen molar-refractivity contribution >= 4 is 39.7 Å². The summed E-state index contributed by atoms with van der Waals surface area (Å²) in [5.74, 6) is -0.0970. The highest BCUT2D eigenvalue weighted by atomic mass is 35.5. The van der Waals surface area contributed by atoms with Crippen molar-refractivity contribution in [3.63, 3.8) is 0 Å². The van der Waals surface area contributed by atoms with Gasteiger partial charge in [0.05, 0.1) is 0 Å². The van der Waals surface area contributed by atoms with Gasteiger partial charge in [0, 0.05) is 21.8 Å². The average molecular weight is 325 g/mol. The van der Waals surface area contributed by atoms with Crippen molar-refractivity contribution in [3.8, 4) is 0 Å². The molecule has 0 fully saturated rings. The molecule has 0 radical (unpaired) electrons. The Morgan fingerprint density at radius 1 is 0.957 bits per heavy atom. The van der Waals surface area contributed by atoms with Gasteiger partial charge in [0.15, 0.2) is 0 Å². The molecule has 3 nitrogen and oxygen atoms in total. The van der Waals surface area contributed by atoms with E-state index in [9.17, 15) is 4.79 Å². The monoisotopic (exact) mass is 324 g/mol. The summed E-state index contributed by atoms with van der Waals surface area (Å²) in [6, 6.07) is 20.8. The zero-order valence-electron chi connectivity index (χ0n) is 12.7. The molecule has 116 valence electrons. The normalized spacial score (nSPS) is 11.9. The van der Waals surface area contributed by atoms with Gasteiger partial charge >= 0.3 is 0 Å². The number of hydrogen-bond donors (Lipinski definition) is 2. The first-order chi connectivity index (χ1) is 11.1. The van der Waals surface area contributed by atoms with Crippen LogP contribution in [0.4, 0.5) is 11.4 Å².